The third-order valence-electron chi connectivity index (χ3n) is 4.82. The van der Waals surface area contributed by atoms with Gasteiger partial charge in [0.25, 0.3) is 5.91 Å². The standard InChI is InChI=1S/C15H24N4O/c1-2-18-10-12(16)14(17-18)15(20)19-9-5-7-11-6-3-4-8-13(11)19/h10-11,13H,2-9,16H2,1H3/t11-,13-/m1/s1. The Labute approximate surface area is 120 Å². The van der Waals surface area contributed by atoms with Crippen LogP contribution in [0.5, 0.6) is 0 Å². The Morgan fingerprint density at radius 1 is 1.35 bits per heavy atom. The second kappa shape index (κ2) is 5.46. The van der Waals surface area contributed by atoms with E-state index in [-0.39, 0.29) is 5.91 Å². The number of rotatable bonds is 2. The van der Waals surface area contributed by atoms with Crippen LogP contribution in [0.3, 0.4) is 0 Å². The van der Waals surface area contributed by atoms with Crippen molar-refractivity contribution in [3.05, 3.63) is 11.9 Å². The van der Waals surface area contributed by atoms with Crippen LogP contribution >= 0.6 is 0 Å². The van der Waals surface area contributed by atoms with E-state index in [2.05, 4.69) is 5.10 Å². The van der Waals surface area contributed by atoms with Gasteiger partial charge >= 0.3 is 0 Å². The Balaban J connectivity index is 1.83. The number of likely N-dealkylation sites (tertiary alicyclic amines) is 1. The molecule has 1 saturated carbocycles. The third-order valence-corrected chi connectivity index (χ3v) is 4.82. The molecular formula is C15H24N4O. The maximum Gasteiger partial charge on any atom is 0.276 e. The quantitative estimate of drug-likeness (QED) is 0.901. The smallest absolute Gasteiger partial charge is 0.276 e. The van der Waals surface area contributed by atoms with E-state index < -0.39 is 0 Å². The lowest BCUT2D eigenvalue weighted by Gasteiger charge is -2.43. The first kappa shape index (κ1) is 13.5. The summed E-state index contributed by atoms with van der Waals surface area (Å²) < 4.78 is 1.74. The minimum atomic E-state index is 0.0336. The van der Waals surface area contributed by atoms with Crippen LogP contribution in [0.2, 0.25) is 0 Å². The maximum absolute atomic E-state index is 12.8. The van der Waals surface area contributed by atoms with Gasteiger partial charge in [-0.3, -0.25) is 9.48 Å². The van der Waals surface area contributed by atoms with E-state index in [1.807, 2.05) is 11.8 Å². The predicted molar refractivity (Wildman–Crippen MR) is 78.3 cm³/mol. The molecule has 5 nitrogen and oxygen atoms in total. The Morgan fingerprint density at radius 3 is 2.85 bits per heavy atom. The second-order valence-electron chi connectivity index (χ2n) is 6.04. The van der Waals surface area contributed by atoms with Gasteiger partial charge in [-0.05, 0) is 38.5 Å². The largest absolute Gasteiger partial charge is 0.396 e. The highest BCUT2D eigenvalue weighted by atomic mass is 16.2. The van der Waals surface area contributed by atoms with Crippen molar-refractivity contribution in [2.24, 2.45) is 5.92 Å². The molecule has 1 aliphatic heterocycles. The summed E-state index contributed by atoms with van der Waals surface area (Å²) in [6, 6.07) is 0.413. The minimum absolute atomic E-state index is 0.0336. The van der Waals surface area contributed by atoms with Crippen molar-refractivity contribution in [1.82, 2.24) is 14.7 Å². The van der Waals surface area contributed by atoms with E-state index in [1.165, 1.54) is 25.7 Å². The van der Waals surface area contributed by atoms with Gasteiger partial charge in [-0.25, -0.2) is 0 Å². The summed E-state index contributed by atoms with van der Waals surface area (Å²) in [6.07, 6.45) is 9.11. The monoisotopic (exact) mass is 276 g/mol. The number of anilines is 1. The summed E-state index contributed by atoms with van der Waals surface area (Å²) in [5.74, 6) is 0.724. The number of nitrogens with two attached hydrogens (primary N) is 1. The van der Waals surface area contributed by atoms with Gasteiger partial charge in [0.1, 0.15) is 0 Å². The van der Waals surface area contributed by atoms with Gasteiger partial charge in [0.2, 0.25) is 0 Å². The first-order chi connectivity index (χ1) is 9.70. The van der Waals surface area contributed by atoms with Crippen LogP contribution in [0.1, 0.15) is 55.9 Å². The lowest BCUT2D eigenvalue weighted by Crippen LogP contribution is -2.49. The van der Waals surface area contributed by atoms with E-state index in [0.29, 0.717) is 23.3 Å². The summed E-state index contributed by atoms with van der Waals surface area (Å²) in [5.41, 5.74) is 6.91. The van der Waals surface area contributed by atoms with Crippen molar-refractivity contribution in [3.63, 3.8) is 0 Å². The predicted octanol–water partition coefficient (Wildman–Crippen LogP) is 2.28. The zero-order valence-corrected chi connectivity index (χ0v) is 12.2. The van der Waals surface area contributed by atoms with Gasteiger partial charge < -0.3 is 10.6 Å². The number of aryl methyl sites for hydroxylation is 1. The fourth-order valence-electron chi connectivity index (χ4n) is 3.78. The van der Waals surface area contributed by atoms with Crippen LogP contribution in [-0.2, 0) is 6.54 Å². The van der Waals surface area contributed by atoms with Crippen molar-refractivity contribution in [2.75, 3.05) is 12.3 Å². The number of nitrogens with zero attached hydrogens (tertiary/aromatic N) is 3. The number of hydrogen-bond acceptors (Lipinski definition) is 3. The third kappa shape index (κ3) is 2.30. The first-order valence-electron chi connectivity index (χ1n) is 7.84. The highest BCUT2D eigenvalue weighted by Gasteiger charge is 2.37. The molecular weight excluding hydrogens is 252 g/mol. The molecule has 20 heavy (non-hydrogen) atoms. The molecule has 2 aliphatic rings. The van der Waals surface area contributed by atoms with Gasteiger partial charge in [0.05, 0.1) is 5.69 Å². The summed E-state index contributed by atoms with van der Waals surface area (Å²) in [5, 5.41) is 4.34. The SMILES string of the molecule is CCn1cc(N)c(C(=O)N2CCC[C@H]3CCCC[C@H]32)n1. The van der Waals surface area contributed by atoms with Gasteiger partial charge in [-0.2, -0.15) is 5.10 Å². The van der Waals surface area contributed by atoms with Gasteiger partial charge in [0, 0.05) is 25.3 Å². The van der Waals surface area contributed by atoms with E-state index in [1.54, 1.807) is 10.9 Å². The zero-order valence-electron chi connectivity index (χ0n) is 12.2. The highest BCUT2D eigenvalue weighted by Crippen LogP contribution is 2.36. The van der Waals surface area contributed by atoms with E-state index >= 15 is 0 Å². The number of carbonyl (C=O) groups is 1. The normalized spacial score (nSPS) is 26.4. The molecule has 0 radical (unpaired) electrons. The summed E-state index contributed by atoms with van der Waals surface area (Å²) in [4.78, 5) is 14.8. The van der Waals surface area contributed by atoms with Crippen molar-refractivity contribution in [3.8, 4) is 0 Å². The molecule has 2 heterocycles. The number of fused-ring (bicyclic) bond motifs is 1. The average molecular weight is 276 g/mol. The number of carbonyl (C=O) groups excluding carboxylic acids is 1. The molecule has 1 saturated heterocycles. The fourth-order valence-corrected chi connectivity index (χ4v) is 3.78. The van der Waals surface area contributed by atoms with Crippen molar-refractivity contribution in [2.45, 2.75) is 58.0 Å². The molecule has 0 spiro atoms. The summed E-state index contributed by atoms with van der Waals surface area (Å²) in [7, 11) is 0. The minimum Gasteiger partial charge on any atom is -0.396 e. The topological polar surface area (TPSA) is 64.2 Å². The Morgan fingerprint density at radius 2 is 2.10 bits per heavy atom. The summed E-state index contributed by atoms with van der Waals surface area (Å²) in [6.45, 7) is 3.60. The van der Waals surface area contributed by atoms with E-state index in [4.69, 9.17) is 5.73 Å². The van der Waals surface area contributed by atoms with E-state index in [0.717, 1.165) is 25.9 Å². The second-order valence-corrected chi connectivity index (χ2v) is 6.04. The molecule has 0 bridgehead atoms. The van der Waals surface area contributed by atoms with Crippen molar-refractivity contribution < 1.29 is 4.79 Å². The van der Waals surface area contributed by atoms with Crippen LogP contribution in [0.15, 0.2) is 6.20 Å². The van der Waals surface area contributed by atoms with Gasteiger partial charge in [0.15, 0.2) is 5.69 Å². The molecule has 0 unspecified atom stereocenters. The van der Waals surface area contributed by atoms with Crippen LogP contribution < -0.4 is 5.73 Å². The molecule has 0 aromatic carbocycles. The van der Waals surface area contributed by atoms with Crippen molar-refractivity contribution >= 4 is 11.6 Å². The molecule has 110 valence electrons. The number of aromatic nitrogens is 2. The van der Waals surface area contributed by atoms with Gasteiger partial charge in [-0.15, -0.1) is 0 Å². The van der Waals surface area contributed by atoms with Crippen LogP contribution in [0.4, 0.5) is 5.69 Å². The lowest BCUT2D eigenvalue weighted by molar-refractivity contribution is 0.0385. The highest BCUT2D eigenvalue weighted by molar-refractivity contribution is 5.97. The Hall–Kier alpha value is -1.52. The molecule has 2 atom stereocenters. The molecule has 1 aromatic rings. The zero-order chi connectivity index (χ0) is 14.1. The number of amides is 1. The number of piperidine rings is 1. The van der Waals surface area contributed by atoms with Crippen LogP contribution in [0, 0.1) is 5.92 Å². The first-order valence-corrected chi connectivity index (χ1v) is 7.84. The lowest BCUT2D eigenvalue weighted by atomic mass is 9.78. The molecule has 2 fully saturated rings. The molecule has 1 aromatic heterocycles. The molecule has 1 amide bonds. The fraction of sp³-hybridized carbons (Fsp3) is 0.733. The summed E-state index contributed by atoms with van der Waals surface area (Å²) >= 11 is 0. The number of hydrogen-bond donors (Lipinski definition) is 1. The molecule has 1 aliphatic carbocycles. The molecule has 2 N–H and O–H groups in total. The van der Waals surface area contributed by atoms with Gasteiger partial charge in [-0.1, -0.05) is 12.8 Å². The van der Waals surface area contributed by atoms with Crippen LogP contribution in [0.25, 0.3) is 0 Å². The van der Waals surface area contributed by atoms with E-state index in [9.17, 15) is 4.79 Å². The Bertz CT molecular complexity index is 494. The molecule has 3 rings (SSSR count). The average Bonchev–Trinajstić information content (AvgIpc) is 2.87. The Kier molecular flexibility index (Phi) is 3.68. The molecule has 5 heteroatoms. The van der Waals surface area contributed by atoms with Crippen molar-refractivity contribution in [1.29, 1.82) is 0 Å². The number of nitrogen functional groups attached to an aromatic ring is 1. The maximum atomic E-state index is 12.8. The van der Waals surface area contributed by atoms with Crippen LogP contribution in [-0.4, -0.2) is 33.2 Å².